The van der Waals surface area contributed by atoms with E-state index in [0.717, 1.165) is 38.5 Å². The second-order valence-electron chi connectivity index (χ2n) is 8.13. The lowest BCUT2D eigenvalue weighted by Crippen LogP contribution is -2.42. The molecule has 2 aromatic carbocycles. The first-order valence-electron chi connectivity index (χ1n) is 11.0. The monoisotopic (exact) mass is 524 g/mol. The molecule has 0 aliphatic carbocycles. The van der Waals surface area contributed by atoms with Crippen LogP contribution in [0.2, 0.25) is 0 Å². The van der Waals surface area contributed by atoms with Crippen molar-refractivity contribution in [3.63, 3.8) is 0 Å². The Bertz CT molecular complexity index is 1240. The molecule has 1 heterocycles. The van der Waals surface area contributed by atoms with Crippen molar-refractivity contribution < 1.29 is 26.4 Å². The third-order valence-corrected chi connectivity index (χ3v) is 8.30. The van der Waals surface area contributed by atoms with Crippen molar-refractivity contribution in [3.05, 3.63) is 87.6 Å². The minimum absolute atomic E-state index is 0.00151. The van der Waals surface area contributed by atoms with Crippen LogP contribution in [0, 0.1) is 6.92 Å². The van der Waals surface area contributed by atoms with Crippen LogP contribution in [0.4, 0.5) is 13.2 Å². The summed E-state index contributed by atoms with van der Waals surface area (Å²) in [4.78, 5) is 15.5. The average molecular weight is 525 g/mol. The van der Waals surface area contributed by atoms with Gasteiger partial charge in [-0.25, -0.2) is 8.42 Å². The maximum Gasteiger partial charge on any atom is 0.416 e. The minimum atomic E-state index is -4.68. The van der Waals surface area contributed by atoms with Crippen molar-refractivity contribution >= 4 is 27.3 Å². The molecular formula is C25H27F3N2O3S2. The lowest BCUT2D eigenvalue weighted by atomic mass is 10.2. The van der Waals surface area contributed by atoms with Crippen LogP contribution < -0.4 is 0 Å². The van der Waals surface area contributed by atoms with Gasteiger partial charge < -0.3 is 4.90 Å². The van der Waals surface area contributed by atoms with Crippen LogP contribution in [-0.4, -0.2) is 36.6 Å². The summed E-state index contributed by atoms with van der Waals surface area (Å²) in [6, 6.07) is 14.9. The summed E-state index contributed by atoms with van der Waals surface area (Å²) in [5.74, 6) is -0.425. The molecule has 0 saturated heterocycles. The third kappa shape index (κ3) is 6.93. The number of amides is 1. The Hall–Kier alpha value is -2.69. The topological polar surface area (TPSA) is 57.7 Å². The van der Waals surface area contributed by atoms with E-state index in [2.05, 4.69) is 0 Å². The molecule has 0 bridgehead atoms. The molecule has 0 spiro atoms. The Labute approximate surface area is 207 Å². The maximum atomic E-state index is 13.4. The van der Waals surface area contributed by atoms with E-state index in [1.54, 1.807) is 11.8 Å². The zero-order valence-corrected chi connectivity index (χ0v) is 21.1. The van der Waals surface area contributed by atoms with Crippen LogP contribution in [0.15, 0.2) is 70.9 Å². The normalized spacial score (nSPS) is 12.2. The lowest BCUT2D eigenvalue weighted by molar-refractivity contribution is -0.137. The first-order chi connectivity index (χ1) is 16.5. The summed E-state index contributed by atoms with van der Waals surface area (Å²) in [5, 5.41) is 1.93. The van der Waals surface area contributed by atoms with Gasteiger partial charge in [0.25, 0.3) is 0 Å². The molecule has 188 valence electrons. The standard InChI is InChI=1S/C25H27F3N2O3S2/c1-3-13-30(35(32,33)22-11-7-10-21(15-22)25(26,27)28)18-24(31)29(16-20-8-5-4-6-9-20)17-23-19(2)12-14-34-23/h4-12,14-15H,3,13,16-18H2,1-2H3. The molecule has 0 saturated carbocycles. The van der Waals surface area contributed by atoms with Crippen LogP contribution in [0.25, 0.3) is 0 Å². The van der Waals surface area contributed by atoms with Crippen molar-refractivity contribution in [2.45, 2.75) is 44.4 Å². The number of rotatable bonds is 10. The highest BCUT2D eigenvalue weighted by Crippen LogP contribution is 2.31. The number of hydrogen-bond donors (Lipinski definition) is 0. The molecule has 0 fully saturated rings. The Balaban J connectivity index is 1.89. The minimum Gasteiger partial charge on any atom is -0.332 e. The van der Waals surface area contributed by atoms with Crippen LogP contribution in [0.1, 0.15) is 34.9 Å². The molecule has 0 aliphatic rings. The zero-order valence-electron chi connectivity index (χ0n) is 19.5. The molecule has 35 heavy (non-hydrogen) atoms. The Morgan fingerprint density at radius 3 is 2.31 bits per heavy atom. The quantitative estimate of drug-likeness (QED) is 0.342. The summed E-state index contributed by atoms with van der Waals surface area (Å²) < 4.78 is 67.0. The van der Waals surface area contributed by atoms with E-state index in [1.165, 1.54) is 11.3 Å². The summed E-state index contributed by atoms with van der Waals surface area (Å²) >= 11 is 1.51. The van der Waals surface area contributed by atoms with Crippen LogP contribution >= 0.6 is 11.3 Å². The van der Waals surface area contributed by atoms with Crippen molar-refractivity contribution in [3.8, 4) is 0 Å². The van der Waals surface area contributed by atoms with Gasteiger partial charge in [0.15, 0.2) is 0 Å². The van der Waals surface area contributed by atoms with E-state index >= 15 is 0 Å². The van der Waals surface area contributed by atoms with E-state index in [-0.39, 0.29) is 13.1 Å². The van der Waals surface area contributed by atoms with Gasteiger partial charge in [-0.3, -0.25) is 4.79 Å². The highest BCUT2D eigenvalue weighted by atomic mass is 32.2. The van der Waals surface area contributed by atoms with Crippen LogP contribution in [0.5, 0.6) is 0 Å². The van der Waals surface area contributed by atoms with Crippen molar-refractivity contribution in [1.29, 1.82) is 0 Å². The van der Waals surface area contributed by atoms with Gasteiger partial charge in [-0.2, -0.15) is 17.5 Å². The fourth-order valence-electron chi connectivity index (χ4n) is 3.54. The number of carbonyl (C=O) groups is 1. The molecule has 0 atom stereocenters. The summed E-state index contributed by atoms with van der Waals surface area (Å²) in [7, 11) is -4.33. The number of sulfonamides is 1. The molecule has 0 unspecified atom stereocenters. The highest BCUT2D eigenvalue weighted by Gasteiger charge is 2.34. The smallest absolute Gasteiger partial charge is 0.332 e. The number of thiophene rings is 1. The van der Waals surface area contributed by atoms with Gasteiger partial charge >= 0.3 is 6.18 Å². The summed E-state index contributed by atoms with van der Waals surface area (Å²) in [5.41, 5.74) is 0.862. The van der Waals surface area contributed by atoms with Gasteiger partial charge in [0.1, 0.15) is 0 Å². The number of benzene rings is 2. The zero-order chi connectivity index (χ0) is 25.6. The number of aryl methyl sites for hydroxylation is 1. The van der Waals surface area contributed by atoms with Gasteiger partial charge in [0.2, 0.25) is 15.9 Å². The summed E-state index contributed by atoms with van der Waals surface area (Å²) in [6.07, 6.45) is -4.28. The predicted octanol–water partition coefficient (Wildman–Crippen LogP) is 5.71. The Kier molecular flexibility index (Phi) is 8.74. The fraction of sp³-hybridized carbons (Fsp3) is 0.320. The molecule has 1 aromatic heterocycles. The van der Waals surface area contributed by atoms with Gasteiger partial charge in [-0.1, -0.05) is 43.3 Å². The molecule has 3 rings (SSSR count). The predicted molar refractivity (Wildman–Crippen MR) is 130 cm³/mol. The van der Waals surface area contributed by atoms with Crippen LogP contribution in [0.3, 0.4) is 0 Å². The third-order valence-electron chi connectivity index (χ3n) is 5.46. The first kappa shape index (κ1) is 26.9. The SMILES string of the molecule is CCCN(CC(=O)N(Cc1ccccc1)Cc1sccc1C)S(=O)(=O)c1cccc(C(F)(F)F)c1. The van der Waals surface area contributed by atoms with E-state index in [0.29, 0.717) is 19.0 Å². The number of alkyl halides is 3. The molecule has 10 heteroatoms. The van der Waals surface area contributed by atoms with Gasteiger partial charge in [-0.05, 0) is 54.1 Å². The van der Waals surface area contributed by atoms with E-state index in [4.69, 9.17) is 0 Å². The number of carbonyl (C=O) groups excluding carboxylic acids is 1. The molecule has 5 nitrogen and oxygen atoms in total. The molecule has 0 radical (unpaired) electrons. The molecular weight excluding hydrogens is 497 g/mol. The molecule has 0 aliphatic heterocycles. The number of hydrogen-bond acceptors (Lipinski definition) is 4. The second-order valence-corrected chi connectivity index (χ2v) is 11.1. The van der Waals surface area contributed by atoms with Crippen molar-refractivity contribution in [1.82, 2.24) is 9.21 Å². The summed E-state index contributed by atoms with van der Waals surface area (Å²) in [6.45, 7) is 3.81. The van der Waals surface area contributed by atoms with Crippen molar-refractivity contribution in [2.75, 3.05) is 13.1 Å². The Morgan fingerprint density at radius 2 is 1.71 bits per heavy atom. The number of nitrogens with zero attached hydrogens (tertiary/aromatic N) is 2. The molecule has 0 N–H and O–H groups in total. The van der Waals surface area contributed by atoms with E-state index in [9.17, 15) is 26.4 Å². The van der Waals surface area contributed by atoms with Gasteiger partial charge in [-0.15, -0.1) is 11.3 Å². The maximum absolute atomic E-state index is 13.4. The fourth-order valence-corrected chi connectivity index (χ4v) is 5.99. The van der Waals surface area contributed by atoms with Crippen LogP contribution in [-0.2, 0) is 34.1 Å². The number of halogens is 3. The van der Waals surface area contributed by atoms with E-state index in [1.807, 2.05) is 48.7 Å². The molecule has 3 aromatic rings. The second kappa shape index (κ2) is 11.4. The first-order valence-corrected chi connectivity index (χ1v) is 13.4. The van der Waals surface area contributed by atoms with Gasteiger partial charge in [0.05, 0.1) is 23.5 Å². The molecule has 1 amide bonds. The van der Waals surface area contributed by atoms with Crippen molar-refractivity contribution in [2.24, 2.45) is 0 Å². The van der Waals surface area contributed by atoms with E-state index < -0.39 is 39.1 Å². The van der Waals surface area contributed by atoms with Gasteiger partial charge in [0, 0.05) is 18.0 Å². The highest BCUT2D eigenvalue weighted by molar-refractivity contribution is 7.89. The largest absolute Gasteiger partial charge is 0.416 e. The average Bonchev–Trinajstić information content (AvgIpc) is 3.22. The lowest BCUT2D eigenvalue weighted by Gasteiger charge is -2.27. The Morgan fingerprint density at radius 1 is 1.00 bits per heavy atom.